The first-order valence-electron chi connectivity index (χ1n) is 10.6. The van der Waals surface area contributed by atoms with E-state index in [1.54, 1.807) is 12.1 Å². The summed E-state index contributed by atoms with van der Waals surface area (Å²) in [6.07, 6.45) is 0.971. The largest absolute Gasteiger partial charge is 0.331 e. The lowest BCUT2D eigenvalue weighted by molar-refractivity contribution is 0.510. The Hall–Kier alpha value is -4.26. The van der Waals surface area contributed by atoms with Crippen LogP contribution in [0.2, 0.25) is 0 Å². The summed E-state index contributed by atoms with van der Waals surface area (Å²) >= 11 is 0. The molecule has 0 N–H and O–H groups in total. The van der Waals surface area contributed by atoms with Gasteiger partial charge in [-0.15, -0.1) is 0 Å². The average molecular weight is 440 g/mol. The third-order valence-electron chi connectivity index (χ3n) is 5.61. The lowest BCUT2D eigenvalue weighted by atomic mass is 10.2. The van der Waals surface area contributed by atoms with Gasteiger partial charge in [-0.2, -0.15) is 4.39 Å². The van der Waals surface area contributed by atoms with Crippen molar-refractivity contribution in [3.63, 3.8) is 0 Å². The molecule has 3 aromatic carbocycles. The summed E-state index contributed by atoms with van der Waals surface area (Å²) in [5.41, 5.74) is 2.01. The molecule has 0 amide bonds. The molecule has 6 nitrogen and oxygen atoms in total. The van der Waals surface area contributed by atoms with E-state index in [0.717, 1.165) is 32.9 Å². The fourth-order valence-electron chi connectivity index (χ4n) is 3.98. The van der Waals surface area contributed by atoms with E-state index in [1.165, 1.54) is 4.57 Å². The number of aromatic nitrogens is 4. The fraction of sp³-hybridized carbons (Fsp3) is 0.115. The molecule has 164 valence electrons. The van der Waals surface area contributed by atoms with Crippen LogP contribution in [0.1, 0.15) is 17.0 Å². The van der Waals surface area contributed by atoms with Gasteiger partial charge in [0.25, 0.3) is 5.56 Å². The Morgan fingerprint density at radius 1 is 0.697 bits per heavy atom. The van der Waals surface area contributed by atoms with Crippen molar-refractivity contribution in [3.8, 4) is 0 Å². The number of benzene rings is 3. The first-order valence-corrected chi connectivity index (χ1v) is 10.6. The molecule has 0 aliphatic heterocycles. The Bertz CT molecular complexity index is 1540. The summed E-state index contributed by atoms with van der Waals surface area (Å²) in [6, 6.07) is 26.7. The lowest BCUT2D eigenvalue weighted by Crippen LogP contribution is -2.41. The zero-order valence-electron chi connectivity index (χ0n) is 17.8. The van der Waals surface area contributed by atoms with E-state index in [9.17, 15) is 14.0 Å². The van der Waals surface area contributed by atoms with Gasteiger partial charge in [-0.3, -0.25) is 13.9 Å². The molecule has 0 saturated heterocycles. The predicted molar refractivity (Wildman–Crippen MR) is 125 cm³/mol. The molecule has 0 atom stereocenters. The van der Waals surface area contributed by atoms with Crippen molar-refractivity contribution in [3.05, 3.63) is 135 Å². The summed E-state index contributed by atoms with van der Waals surface area (Å²) in [5.74, 6) is -0.372. The second kappa shape index (κ2) is 8.70. The molecule has 0 bridgehead atoms. The van der Waals surface area contributed by atoms with E-state index in [-0.39, 0.29) is 13.1 Å². The molecule has 33 heavy (non-hydrogen) atoms. The van der Waals surface area contributed by atoms with Gasteiger partial charge in [0.15, 0.2) is 0 Å². The van der Waals surface area contributed by atoms with Crippen molar-refractivity contribution in [1.29, 1.82) is 0 Å². The molecule has 0 radical (unpaired) electrons. The van der Waals surface area contributed by atoms with Gasteiger partial charge in [0.1, 0.15) is 5.82 Å². The minimum atomic E-state index is -0.976. The van der Waals surface area contributed by atoms with Gasteiger partial charge < -0.3 is 4.57 Å². The van der Waals surface area contributed by atoms with Crippen LogP contribution in [0.25, 0.3) is 11.0 Å². The monoisotopic (exact) mass is 440 g/mol. The highest BCUT2D eigenvalue weighted by atomic mass is 19.1. The highest BCUT2D eigenvalue weighted by molar-refractivity contribution is 5.76. The summed E-state index contributed by atoms with van der Waals surface area (Å²) < 4.78 is 18.7. The van der Waals surface area contributed by atoms with Crippen LogP contribution in [0.3, 0.4) is 0 Å². The van der Waals surface area contributed by atoms with Crippen LogP contribution in [0.5, 0.6) is 0 Å². The van der Waals surface area contributed by atoms with Crippen molar-refractivity contribution in [2.24, 2.45) is 0 Å². The smallest absolute Gasteiger partial charge is 0.322 e. The van der Waals surface area contributed by atoms with Gasteiger partial charge in [-0.05, 0) is 23.3 Å². The van der Waals surface area contributed by atoms with Crippen LogP contribution in [-0.4, -0.2) is 18.7 Å². The predicted octanol–water partition coefficient (Wildman–Crippen LogP) is 3.64. The lowest BCUT2D eigenvalue weighted by Gasteiger charge is -2.13. The van der Waals surface area contributed by atoms with E-state index in [1.807, 2.05) is 77.4 Å². The first kappa shape index (κ1) is 20.6. The number of imidazole rings is 1. The van der Waals surface area contributed by atoms with Gasteiger partial charge >= 0.3 is 5.69 Å². The SMILES string of the molecule is O=c1c(F)cn(Cc2nc3ccccc3n2Cc2ccccc2)c(=O)n1Cc1ccccc1. The fourth-order valence-corrected chi connectivity index (χ4v) is 3.98. The first-order chi connectivity index (χ1) is 16.1. The molecule has 0 saturated carbocycles. The topological polar surface area (TPSA) is 61.8 Å². The number of halogens is 1. The maximum absolute atomic E-state index is 14.6. The van der Waals surface area contributed by atoms with Crippen LogP contribution < -0.4 is 11.2 Å². The van der Waals surface area contributed by atoms with Gasteiger partial charge in [0.2, 0.25) is 5.82 Å². The Kier molecular flexibility index (Phi) is 5.44. The molecule has 5 aromatic rings. The minimum Gasteiger partial charge on any atom is -0.322 e. The Morgan fingerprint density at radius 2 is 1.27 bits per heavy atom. The summed E-state index contributed by atoms with van der Waals surface area (Å²) in [4.78, 5) is 30.3. The maximum atomic E-state index is 14.6. The number of rotatable bonds is 6. The van der Waals surface area contributed by atoms with E-state index in [0.29, 0.717) is 12.4 Å². The van der Waals surface area contributed by atoms with Crippen LogP contribution in [-0.2, 0) is 19.6 Å². The summed E-state index contributed by atoms with van der Waals surface area (Å²) in [5, 5.41) is 0. The van der Waals surface area contributed by atoms with Crippen molar-refractivity contribution < 1.29 is 4.39 Å². The van der Waals surface area contributed by atoms with E-state index in [2.05, 4.69) is 0 Å². The molecular formula is C26H21FN4O2. The second-order valence-electron chi connectivity index (χ2n) is 7.85. The molecule has 2 heterocycles. The zero-order chi connectivity index (χ0) is 22.8. The maximum Gasteiger partial charge on any atom is 0.331 e. The molecule has 0 spiro atoms. The standard InChI is InChI=1S/C26H21FN4O2/c27-21-17-29(26(33)31(25(21)32)16-20-11-5-2-6-12-20)18-24-28-22-13-7-8-14-23(22)30(24)15-19-9-3-1-4-10-19/h1-14,17H,15-16,18H2. The summed E-state index contributed by atoms with van der Waals surface area (Å²) in [7, 11) is 0. The molecule has 0 aliphatic rings. The Labute approximate surface area is 188 Å². The normalized spacial score (nSPS) is 11.2. The van der Waals surface area contributed by atoms with Gasteiger partial charge in [-0.25, -0.2) is 9.78 Å². The van der Waals surface area contributed by atoms with E-state index < -0.39 is 17.1 Å². The molecule has 0 fully saturated rings. The van der Waals surface area contributed by atoms with Crippen molar-refractivity contribution in [2.75, 3.05) is 0 Å². The van der Waals surface area contributed by atoms with Gasteiger partial charge in [-0.1, -0.05) is 72.8 Å². The number of fused-ring (bicyclic) bond motifs is 1. The van der Waals surface area contributed by atoms with Crippen LogP contribution in [0.15, 0.2) is 101 Å². The average Bonchev–Trinajstić information content (AvgIpc) is 3.18. The Balaban J connectivity index is 1.58. The van der Waals surface area contributed by atoms with Crippen molar-refractivity contribution >= 4 is 11.0 Å². The van der Waals surface area contributed by atoms with Crippen LogP contribution in [0, 0.1) is 5.82 Å². The number of hydrogen-bond donors (Lipinski definition) is 0. The Morgan fingerprint density at radius 3 is 1.94 bits per heavy atom. The van der Waals surface area contributed by atoms with Crippen LogP contribution >= 0.6 is 0 Å². The third kappa shape index (κ3) is 4.13. The van der Waals surface area contributed by atoms with Crippen LogP contribution in [0.4, 0.5) is 4.39 Å². The highest BCUT2D eigenvalue weighted by Crippen LogP contribution is 2.18. The molecule has 7 heteroatoms. The van der Waals surface area contributed by atoms with Crippen molar-refractivity contribution in [2.45, 2.75) is 19.6 Å². The second-order valence-corrected chi connectivity index (χ2v) is 7.85. The van der Waals surface area contributed by atoms with Gasteiger partial charge in [0.05, 0.1) is 30.3 Å². The molecule has 0 aliphatic carbocycles. The number of para-hydroxylation sites is 2. The molecule has 0 unspecified atom stereocenters. The number of hydrogen-bond acceptors (Lipinski definition) is 3. The van der Waals surface area contributed by atoms with E-state index >= 15 is 0 Å². The van der Waals surface area contributed by atoms with E-state index in [4.69, 9.17) is 4.98 Å². The highest BCUT2D eigenvalue weighted by Gasteiger charge is 2.16. The molecule has 2 aromatic heterocycles. The van der Waals surface area contributed by atoms with Gasteiger partial charge in [0, 0.05) is 6.54 Å². The third-order valence-corrected chi connectivity index (χ3v) is 5.61. The minimum absolute atomic E-state index is 0.00328. The summed E-state index contributed by atoms with van der Waals surface area (Å²) in [6.45, 7) is 0.584. The molecule has 5 rings (SSSR count). The zero-order valence-corrected chi connectivity index (χ0v) is 17.8. The quantitative estimate of drug-likeness (QED) is 0.405. The number of nitrogens with zero attached hydrogens (tertiary/aromatic N) is 4. The molecular weight excluding hydrogens is 419 g/mol. The van der Waals surface area contributed by atoms with Crippen molar-refractivity contribution in [1.82, 2.24) is 18.7 Å².